The minimum atomic E-state index is -0.804. The van der Waals surface area contributed by atoms with Crippen LogP contribution in [-0.2, 0) is 6.42 Å². The molecule has 0 aliphatic heterocycles. The van der Waals surface area contributed by atoms with E-state index in [1.54, 1.807) is 60.8 Å². The normalized spacial score (nSPS) is 11.6. The number of benzene rings is 3. The van der Waals surface area contributed by atoms with Crippen molar-refractivity contribution >= 4 is 16.6 Å². The van der Waals surface area contributed by atoms with Crippen LogP contribution in [0, 0.1) is 5.82 Å². The molecule has 3 aromatic carbocycles. The van der Waals surface area contributed by atoms with Gasteiger partial charge in [-0.05, 0) is 78.7 Å². The lowest BCUT2D eigenvalue weighted by Crippen LogP contribution is -2.33. The smallest absolute Gasteiger partial charge is 0.335 e. The number of aromatic nitrogens is 3. The minimum absolute atomic E-state index is 0.166. The van der Waals surface area contributed by atoms with Crippen LogP contribution in [0.2, 0.25) is 0 Å². The van der Waals surface area contributed by atoms with Gasteiger partial charge in [-0.25, -0.2) is 13.8 Å². The van der Waals surface area contributed by atoms with Gasteiger partial charge in [0.2, 0.25) is 5.88 Å². The first-order chi connectivity index (χ1) is 18.9. The van der Waals surface area contributed by atoms with Crippen molar-refractivity contribution in [2.45, 2.75) is 6.42 Å². The summed E-state index contributed by atoms with van der Waals surface area (Å²) in [5.41, 5.74) is 0.930. The average Bonchev–Trinajstić information content (AvgIpc) is 3.34. The van der Waals surface area contributed by atoms with Crippen LogP contribution >= 0.6 is 0 Å². The van der Waals surface area contributed by atoms with E-state index in [0.29, 0.717) is 29.2 Å². The Kier molecular flexibility index (Phi) is 7.00. The van der Waals surface area contributed by atoms with Gasteiger partial charge in [0, 0.05) is 29.2 Å². The molecule has 39 heavy (non-hydrogen) atoms. The molecule has 10 heteroatoms. The highest BCUT2D eigenvalue weighted by atomic mass is 19.1. The third-order valence-corrected chi connectivity index (χ3v) is 6.40. The van der Waals surface area contributed by atoms with Crippen molar-refractivity contribution in [3.05, 3.63) is 116 Å². The molecule has 0 unspecified atom stereocenters. The molecule has 0 saturated carbocycles. The van der Waals surface area contributed by atoms with E-state index in [1.165, 1.54) is 26.4 Å². The van der Waals surface area contributed by atoms with Crippen molar-refractivity contribution in [3.63, 3.8) is 0 Å². The van der Waals surface area contributed by atoms with Gasteiger partial charge in [-0.3, -0.25) is 14.8 Å². The maximum atomic E-state index is 13.8. The molecule has 5 aromatic rings. The van der Waals surface area contributed by atoms with Crippen LogP contribution in [0.25, 0.3) is 16.6 Å². The van der Waals surface area contributed by atoms with Gasteiger partial charge in [0.05, 0.1) is 25.6 Å². The number of hydrogen-bond donors (Lipinski definition) is 3. The lowest BCUT2D eigenvalue weighted by Gasteiger charge is -2.14. The van der Waals surface area contributed by atoms with Gasteiger partial charge in [0.15, 0.2) is 0 Å². The highest BCUT2D eigenvalue weighted by molar-refractivity contribution is 6.14. The summed E-state index contributed by atoms with van der Waals surface area (Å²) in [5.74, 6) is 0.259. The largest absolute Gasteiger partial charge is 0.497 e. The third-order valence-electron chi connectivity index (χ3n) is 6.40. The summed E-state index contributed by atoms with van der Waals surface area (Å²) >= 11 is 0. The van der Waals surface area contributed by atoms with Crippen LogP contribution in [0.4, 0.5) is 4.39 Å². The van der Waals surface area contributed by atoms with Crippen molar-refractivity contribution in [1.82, 2.24) is 14.5 Å². The Labute approximate surface area is 221 Å². The molecule has 0 spiro atoms. The minimum Gasteiger partial charge on any atom is -0.497 e. The van der Waals surface area contributed by atoms with E-state index >= 15 is 0 Å². The molecule has 0 atom stereocenters. The summed E-state index contributed by atoms with van der Waals surface area (Å²) in [7, 11) is 3.05. The van der Waals surface area contributed by atoms with Crippen LogP contribution in [0.3, 0.4) is 0 Å². The van der Waals surface area contributed by atoms with Gasteiger partial charge in [-0.15, -0.1) is 0 Å². The fourth-order valence-electron chi connectivity index (χ4n) is 4.42. The van der Waals surface area contributed by atoms with Crippen LogP contribution in [0.1, 0.15) is 16.7 Å². The zero-order valence-electron chi connectivity index (χ0n) is 21.2. The number of aromatic amines is 2. The number of nitrogens with one attached hydrogen (secondary N) is 2. The van der Waals surface area contributed by atoms with Crippen molar-refractivity contribution in [3.8, 4) is 23.1 Å². The molecule has 2 aromatic heterocycles. The van der Waals surface area contributed by atoms with E-state index in [9.17, 15) is 19.1 Å². The van der Waals surface area contributed by atoms with E-state index < -0.39 is 17.1 Å². The summed E-state index contributed by atoms with van der Waals surface area (Å²) in [6.07, 6.45) is 2.22. The molecule has 0 amide bonds. The van der Waals surface area contributed by atoms with Crippen molar-refractivity contribution < 1.29 is 19.0 Å². The van der Waals surface area contributed by atoms with Gasteiger partial charge < -0.3 is 19.6 Å². The number of hydrogen-bond acceptors (Lipinski definition) is 6. The van der Waals surface area contributed by atoms with Crippen LogP contribution in [0.5, 0.6) is 17.4 Å². The molecule has 0 radical (unpaired) electrons. The highest BCUT2D eigenvalue weighted by Crippen LogP contribution is 2.24. The first kappa shape index (κ1) is 25.5. The zero-order valence-corrected chi connectivity index (χ0v) is 21.2. The molecular formula is C29H25FN4O5. The summed E-state index contributed by atoms with van der Waals surface area (Å²) in [6.45, 7) is 0.214. The van der Waals surface area contributed by atoms with Gasteiger partial charge in [0.1, 0.15) is 22.9 Å². The standard InChI is InChI=1S/C29H25FN4O5/c1-38-21-8-3-17(4-9-21)26(31-14-13-18-16-32-24-12-5-19(30)15-23(18)24)25-27(35)33-29(37)34(28(25)36)20-6-10-22(39-2)11-7-20/h3-12,15-16,32,36H,13-14H2,1-2H3,(H,33,35,37). The van der Waals surface area contributed by atoms with Crippen LogP contribution in [-0.4, -0.2) is 46.1 Å². The molecule has 2 heterocycles. The van der Waals surface area contributed by atoms with Crippen molar-refractivity contribution in [2.75, 3.05) is 20.8 Å². The van der Waals surface area contributed by atoms with E-state index in [-0.39, 0.29) is 23.6 Å². The molecule has 0 aliphatic carbocycles. The number of aromatic hydroxyl groups is 1. The fourth-order valence-corrected chi connectivity index (χ4v) is 4.42. The first-order valence-corrected chi connectivity index (χ1v) is 12.1. The van der Waals surface area contributed by atoms with Crippen LogP contribution in [0.15, 0.2) is 87.5 Å². The maximum absolute atomic E-state index is 13.8. The summed E-state index contributed by atoms with van der Waals surface area (Å²) in [6, 6.07) is 17.8. The molecule has 0 bridgehead atoms. The maximum Gasteiger partial charge on any atom is 0.335 e. The second-order valence-corrected chi connectivity index (χ2v) is 8.70. The zero-order chi connectivity index (χ0) is 27.5. The number of methoxy groups -OCH3 is 2. The Morgan fingerprint density at radius 3 is 2.31 bits per heavy atom. The lowest BCUT2D eigenvalue weighted by molar-refractivity contribution is 0.414. The second kappa shape index (κ2) is 10.7. The average molecular weight is 529 g/mol. The van der Waals surface area contributed by atoms with E-state index in [4.69, 9.17) is 14.5 Å². The number of halogens is 1. The first-order valence-electron chi connectivity index (χ1n) is 12.1. The number of rotatable bonds is 8. The predicted octanol–water partition coefficient (Wildman–Crippen LogP) is 3.95. The van der Waals surface area contributed by atoms with Gasteiger partial charge >= 0.3 is 5.69 Å². The Morgan fingerprint density at radius 2 is 1.64 bits per heavy atom. The Bertz CT molecular complexity index is 1780. The SMILES string of the molecule is COc1ccc(C(=NCCc2c[nH]c3ccc(F)cc23)c2c(O)n(-c3ccc(OC)cc3)c(=O)[nH]c2=O)cc1. The number of nitrogens with zero attached hydrogens (tertiary/aromatic N) is 2. The van der Waals surface area contributed by atoms with Crippen molar-refractivity contribution in [2.24, 2.45) is 4.99 Å². The predicted molar refractivity (Wildman–Crippen MR) is 146 cm³/mol. The fraction of sp³-hybridized carbons (Fsp3) is 0.138. The molecular weight excluding hydrogens is 503 g/mol. The number of aliphatic imine (C=N–C) groups is 1. The number of ether oxygens (including phenoxy) is 2. The molecule has 3 N–H and O–H groups in total. The number of H-pyrrole nitrogens is 2. The monoisotopic (exact) mass is 528 g/mol. The van der Waals surface area contributed by atoms with E-state index in [2.05, 4.69) is 9.97 Å². The Morgan fingerprint density at radius 1 is 0.974 bits per heavy atom. The van der Waals surface area contributed by atoms with Crippen molar-refractivity contribution in [1.29, 1.82) is 0 Å². The molecule has 0 saturated heterocycles. The molecule has 198 valence electrons. The Balaban J connectivity index is 1.61. The van der Waals surface area contributed by atoms with Crippen LogP contribution < -0.4 is 20.7 Å². The van der Waals surface area contributed by atoms with Gasteiger partial charge in [-0.2, -0.15) is 0 Å². The van der Waals surface area contributed by atoms with Gasteiger partial charge in [0.25, 0.3) is 5.56 Å². The lowest BCUT2D eigenvalue weighted by atomic mass is 10.0. The van der Waals surface area contributed by atoms with Gasteiger partial charge in [-0.1, -0.05) is 0 Å². The van der Waals surface area contributed by atoms with E-state index in [1.807, 2.05) is 0 Å². The quantitative estimate of drug-likeness (QED) is 0.263. The molecule has 9 nitrogen and oxygen atoms in total. The Hall–Kier alpha value is -5.12. The second-order valence-electron chi connectivity index (χ2n) is 8.70. The summed E-state index contributed by atoms with van der Waals surface area (Å²) in [4.78, 5) is 35.9. The highest BCUT2D eigenvalue weighted by Gasteiger charge is 2.22. The summed E-state index contributed by atoms with van der Waals surface area (Å²) in [5, 5.41) is 12.0. The van der Waals surface area contributed by atoms with E-state index in [0.717, 1.165) is 21.0 Å². The molecule has 5 rings (SSSR count). The topological polar surface area (TPSA) is 122 Å². The summed E-state index contributed by atoms with van der Waals surface area (Å²) < 4.78 is 25.3. The molecule has 0 aliphatic rings. The number of fused-ring (bicyclic) bond motifs is 1. The molecule has 0 fully saturated rings. The third kappa shape index (κ3) is 5.04.